The van der Waals surface area contributed by atoms with Gasteiger partial charge in [0.25, 0.3) is 5.91 Å². The smallest absolute Gasteiger partial charge is 0.257 e. The maximum atomic E-state index is 12.2. The van der Waals surface area contributed by atoms with Crippen LogP contribution in [0.25, 0.3) is 0 Å². The summed E-state index contributed by atoms with van der Waals surface area (Å²) in [5.41, 5.74) is 1.23. The van der Waals surface area contributed by atoms with E-state index in [4.69, 9.17) is 0 Å². The maximum absolute atomic E-state index is 12.2. The number of amides is 1. The number of rotatable bonds is 1. The van der Waals surface area contributed by atoms with Gasteiger partial charge in [-0.25, -0.2) is 9.97 Å². The molecule has 0 saturated carbocycles. The van der Waals surface area contributed by atoms with Gasteiger partial charge in [0.05, 0.1) is 11.3 Å². The van der Waals surface area contributed by atoms with E-state index < -0.39 is 0 Å². The molecule has 1 aromatic rings. The van der Waals surface area contributed by atoms with E-state index in [2.05, 4.69) is 9.97 Å². The van der Waals surface area contributed by atoms with E-state index in [0.717, 1.165) is 0 Å². The SMILES string of the molecule is Cc1ncc(C(=O)N2CCC(=O)CC2)c(C)n1. The fraction of sp³-hybridized carbons (Fsp3) is 0.500. The van der Waals surface area contributed by atoms with Crippen LogP contribution in [0.2, 0.25) is 0 Å². The third-order valence-electron chi connectivity index (χ3n) is 2.94. The molecule has 0 aliphatic carbocycles. The summed E-state index contributed by atoms with van der Waals surface area (Å²) in [5, 5.41) is 0. The molecule has 0 N–H and O–H groups in total. The van der Waals surface area contributed by atoms with Crippen LogP contribution in [0.15, 0.2) is 6.20 Å². The molecule has 0 unspecified atom stereocenters. The average Bonchev–Trinajstić information content (AvgIpc) is 2.29. The Kier molecular flexibility index (Phi) is 3.17. The van der Waals surface area contributed by atoms with Crippen LogP contribution in [0.3, 0.4) is 0 Å². The Bertz CT molecular complexity index is 461. The van der Waals surface area contributed by atoms with Crippen molar-refractivity contribution < 1.29 is 9.59 Å². The van der Waals surface area contributed by atoms with Crippen molar-refractivity contribution in [1.29, 1.82) is 0 Å². The zero-order chi connectivity index (χ0) is 12.4. The van der Waals surface area contributed by atoms with Crippen LogP contribution in [-0.4, -0.2) is 39.6 Å². The highest BCUT2D eigenvalue weighted by atomic mass is 16.2. The van der Waals surface area contributed by atoms with Gasteiger partial charge < -0.3 is 4.90 Å². The minimum atomic E-state index is -0.0741. The Hall–Kier alpha value is -1.78. The molecule has 5 heteroatoms. The zero-order valence-corrected chi connectivity index (χ0v) is 10.1. The van der Waals surface area contributed by atoms with Gasteiger partial charge in [-0.2, -0.15) is 0 Å². The molecule has 0 bridgehead atoms. The maximum Gasteiger partial charge on any atom is 0.257 e. The third kappa shape index (κ3) is 2.49. The van der Waals surface area contributed by atoms with Crippen LogP contribution < -0.4 is 0 Å². The Morgan fingerprint density at radius 1 is 1.29 bits per heavy atom. The van der Waals surface area contributed by atoms with E-state index in [-0.39, 0.29) is 11.7 Å². The number of ketones is 1. The van der Waals surface area contributed by atoms with Gasteiger partial charge in [-0.15, -0.1) is 0 Å². The molecule has 2 heterocycles. The zero-order valence-electron chi connectivity index (χ0n) is 10.1. The molecule has 0 atom stereocenters. The number of piperidine rings is 1. The van der Waals surface area contributed by atoms with Crippen molar-refractivity contribution in [2.75, 3.05) is 13.1 Å². The minimum Gasteiger partial charge on any atom is -0.338 e. The van der Waals surface area contributed by atoms with Crippen molar-refractivity contribution in [2.24, 2.45) is 0 Å². The Morgan fingerprint density at radius 3 is 2.53 bits per heavy atom. The van der Waals surface area contributed by atoms with Gasteiger partial charge >= 0.3 is 0 Å². The highest BCUT2D eigenvalue weighted by Gasteiger charge is 2.23. The van der Waals surface area contributed by atoms with E-state index in [0.29, 0.717) is 43.0 Å². The summed E-state index contributed by atoms with van der Waals surface area (Å²) >= 11 is 0. The van der Waals surface area contributed by atoms with E-state index >= 15 is 0 Å². The van der Waals surface area contributed by atoms with Crippen molar-refractivity contribution in [3.63, 3.8) is 0 Å². The average molecular weight is 233 g/mol. The Morgan fingerprint density at radius 2 is 1.94 bits per heavy atom. The predicted octanol–water partition coefficient (Wildman–Crippen LogP) is 0.899. The van der Waals surface area contributed by atoms with Crippen molar-refractivity contribution in [1.82, 2.24) is 14.9 Å². The predicted molar refractivity (Wildman–Crippen MR) is 61.7 cm³/mol. The van der Waals surface area contributed by atoms with Gasteiger partial charge in [0.2, 0.25) is 0 Å². The first kappa shape index (κ1) is 11.7. The van der Waals surface area contributed by atoms with Crippen LogP contribution in [-0.2, 0) is 4.79 Å². The second kappa shape index (κ2) is 4.61. The first-order valence-electron chi connectivity index (χ1n) is 5.69. The van der Waals surface area contributed by atoms with Gasteiger partial charge in [-0.05, 0) is 13.8 Å². The van der Waals surface area contributed by atoms with Crippen molar-refractivity contribution in [2.45, 2.75) is 26.7 Å². The highest BCUT2D eigenvalue weighted by molar-refractivity contribution is 5.96. The van der Waals surface area contributed by atoms with Gasteiger partial charge in [0.15, 0.2) is 0 Å². The lowest BCUT2D eigenvalue weighted by molar-refractivity contribution is -0.120. The van der Waals surface area contributed by atoms with E-state index in [9.17, 15) is 9.59 Å². The standard InChI is InChI=1S/C12H15N3O2/c1-8-11(7-13-9(2)14-8)12(17)15-5-3-10(16)4-6-15/h7H,3-6H2,1-2H3. The molecule has 0 aromatic carbocycles. The van der Waals surface area contributed by atoms with Gasteiger partial charge in [-0.3, -0.25) is 9.59 Å². The quantitative estimate of drug-likeness (QED) is 0.723. The molecule has 1 amide bonds. The number of nitrogens with zero attached hydrogens (tertiary/aromatic N) is 3. The molecular formula is C12H15N3O2. The fourth-order valence-electron chi connectivity index (χ4n) is 1.92. The minimum absolute atomic E-state index is 0.0741. The number of carbonyl (C=O) groups excluding carboxylic acids is 2. The Labute approximate surface area is 99.9 Å². The number of likely N-dealkylation sites (tertiary alicyclic amines) is 1. The summed E-state index contributed by atoms with van der Waals surface area (Å²) < 4.78 is 0. The summed E-state index contributed by atoms with van der Waals surface area (Å²) in [5.74, 6) is 0.814. The summed E-state index contributed by atoms with van der Waals surface area (Å²) in [6.45, 7) is 4.60. The second-order valence-corrected chi connectivity index (χ2v) is 4.25. The summed E-state index contributed by atoms with van der Waals surface area (Å²) in [6, 6.07) is 0. The van der Waals surface area contributed by atoms with Crippen molar-refractivity contribution >= 4 is 11.7 Å². The molecule has 1 aromatic heterocycles. The lowest BCUT2D eigenvalue weighted by atomic mass is 10.1. The molecule has 1 aliphatic rings. The highest BCUT2D eigenvalue weighted by Crippen LogP contribution is 2.12. The van der Waals surface area contributed by atoms with Crippen LogP contribution in [0.1, 0.15) is 34.7 Å². The van der Waals surface area contributed by atoms with E-state index in [1.807, 2.05) is 0 Å². The van der Waals surface area contributed by atoms with Gasteiger partial charge in [0, 0.05) is 32.1 Å². The van der Waals surface area contributed by atoms with Gasteiger partial charge in [-0.1, -0.05) is 0 Å². The summed E-state index contributed by atoms with van der Waals surface area (Å²) in [6.07, 6.45) is 2.48. The van der Waals surface area contributed by atoms with Crippen molar-refractivity contribution in [3.8, 4) is 0 Å². The summed E-state index contributed by atoms with van der Waals surface area (Å²) in [7, 11) is 0. The molecular weight excluding hydrogens is 218 g/mol. The molecule has 0 spiro atoms. The fourth-order valence-corrected chi connectivity index (χ4v) is 1.92. The number of Topliss-reactive ketones (excluding diaryl/α,β-unsaturated/α-hetero) is 1. The van der Waals surface area contributed by atoms with Crippen LogP contribution >= 0.6 is 0 Å². The molecule has 5 nitrogen and oxygen atoms in total. The van der Waals surface area contributed by atoms with Crippen molar-refractivity contribution in [3.05, 3.63) is 23.3 Å². The monoisotopic (exact) mass is 233 g/mol. The largest absolute Gasteiger partial charge is 0.338 e. The number of hydrogen-bond acceptors (Lipinski definition) is 4. The molecule has 1 saturated heterocycles. The second-order valence-electron chi connectivity index (χ2n) is 4.25. The third-order valence-corrected chi connectivity index (χ3v) is 2.94. The number of aryl methyl sites for hydroxylation is 2. The number of hydrogen-bond donors (Lipinski definition) is 0. The van der Waals surface area contributed by atoms with E-state index in [1.165, 1.54) is 0 Å². The van der Waals surface area contributed by atoms with Crippen LogP contribution in [0.5, 0.6) is 0 Å². The molecule has 1 fully saturated rings. The Balaban J connectivity index is 2.16. The number of carbonyl (C=O) groups is 2. The molecule has 1 aliphatic heterocycles. The first-order valence-corrected chi connectivity index (χ1v) is 5.69. The lowest BCUT2D eigenvalue weighted by Crippen LogP contribution is -2.39. The van der Waals surface area contributed by atoms with Crippen LogP contribution in [0.4, 0.5) is 0 Å². The normalized spacial score (nSPS) is 16.1. The molecule has 2 rings (SSSR count). The van der Waals surface area contributed by atoms with Gasteiger partial charge in [0.1, 0.15) is 11.6 Å². The summed E-state index contributed by atoms with van der Waals surface area (Å²) in [4.78, 5) is 33.2. The lowest BCUT2D eigenvalue weighted by Gasteiger charge is -2.26. The first-order chi connectivity index (χ1) is 8.08. The van der Waals surface area contributed by atoms with E-state index in [1.54, 1.807) is 24.9 Å². The van der Waals surface area contributed by atoms with Crippen LogP contribution in [0, 0.1) is 13.8 Å². The number of aromatic nitrogens is 2. The molecule has 90 valence electrons. The molecule has 0 radical (unpaired) electrons. The topological polar surface area (TPSA) is 63.2 Å². The molecule has 17 heavy (non-hydrogen) atoms.